The van der Waals surface area contributed by atoms with E-state index in [0.29, 0.717) is 57.0 Å². The summed E-state index contributed by atoms with van der Waals surface area (Å²) in [7, 11) is 1.57. The summed E-state index contributed by atoms with van der Waals surface area (Å²) in [6.07, 6.45) is 1.39. The van der Waals surface area contributed by atoms with Gasteiger partial charge in [-0.1, -0.05) is 56.3 Å². The van der Waals surface area contributed by atoms with E-state index < -0.39 is 42.4 Å². The van der Waals surface area contributed by atoms with Gasteiger partial charge in [0.15, 0.2) is 5.11 Å². The summed E-state index contributed by atoms with van der Waals surface area (Å²) in [5, 5.41) is 15.3. The molecule has 3 heterocycles. The first-order chi connectivity index (χ1) is 28.5. The van der Waals surface area contributed by atoms with Gasteiger partial charge in [-0.15, -0.1) is 0 Å². The van der Waals surface area contributed by atoms with Crippen molar-refractivity contribution in [3.63, 3.8) is 0 Å². The highest BCUT2D eigenvalue weighted by molar-refractivity contribution is 7.80. The highest BCUT2D eigenvalue weighted by atomic mass is 32.1. The Morgan fingerprint density at radius 1 is 0.847 bits per heavy atom. The van der Waals surface area contributed by atoms with Crippen LogP contribution in [0.4, 0.5) is 11.5 Å². The molecule has 4 aromatic rings. The first-order valence-corrected chi connectivity index (χ1v) is 21.0. The number of piperazine rings is 1. The maximum absolute atomic E-state index is 14.0. The van der Waals surface area contributed by atoms with E-state index >= 15 is 0 Å². The summed E-state index contributed by atoms with van der Waals surface area (Å²) in [4.78, 5) is 73.4. The number of benzene rings is 3. The molecule has 2 aliphatic heterocycles. The van der Waals surface area contributed by atoms with E-state index in [1.54, 1.807) is 36.3 Å². The predicted molar refractivity (Wildman–Crippen MR) is 232 cm³/mol. The third kappa shape index (κ3) is 11.2. The zero-order valence-corrected chi connectivity index (χ0v) is 35.1. The largest absolute Gasteiger partial charge is 0.497 e. The van der Waals surface area contributed by atoms with Gasteiger partial charge in [0.1, 0.15) is 29.7 Å². The third-order valence-electron chi connectivity index (χ3n) is 10.4. The number of carbonyl (C=O) groups is 5. The number of methoxy groups -OCH3 is 1. The molecule has 0 aliphatic carbocycles. The van der Waals surface area contributed by atoms with Crippen molar-refractivity contribution in [2.75, 3.05) is 63.1 Å². The Bertz CT molecular complexity index is 2110. The number of nitrogens with one attached hydrogen (secondary N) is 5. The molecule has 0 saturated carbocycles. The molecular weight excluding hydrogens is 791 g/mol. The lowest BCUT2D eigenvalue weighted by molar-refractivity contribution is -0.146. The van der Waals surface area contributed by atoms with Gasteiger partial charge in [0.25, 0.3) is 0 Å². The van der Waals surface area contributed by atoms with Gasteiger partial charge in [0.05, 0.1) is 24.9 Å². The van der Waals surface area contributed by atoms with E-state index in [1.807, 2.05) is 61.2 Å². The van der Waals surface area contributed by atoms with Crippen molar-refractivity contribution >= 4 is 80.0 Å². The van der Waals surface area contributed by atoms with Gasteiger partial charge in [0, 0.05) is 50.2 Å². The summed E-state index contributed by atoms with van der Waals surface area (Å²) >= 11 is 6.80. The molecule has 5 amide bonds. The summed E-state index contributed by atoms with van der Waals surface area (Å²) in [6, 6.07) is 21.9. The number of hydrogen-bond donors (Lipinski definition) is 5. The molecule has 0 bridgehead atoms. The quantitative estimate of drug-likeness (QED) is 0.111. The number of rotatable bonds is 15. The second-order valence-corrected chi connectivity index (χ2v) is 16.1. The van der Waals surface area contributed by atoms with Gasteiger partial charge in [0.2, 0.25) is 29.5 Å². The van der Waals surface area contributed by atoms with Crippen molar-refractivity contribution in [3.8, 4) is 5.75 Å². The van der Waals surface area contributed by atoms with E-state index in [4.69, 9.17) is 17.0 Å². The molecule has 59 heavy (non-hydrogen) atoms. The summed E-state index contributed by atoms with van der Waals surface area (Å²) < 4.78 is 11.0. The number of fused-ring (bicyclic) bond motifs is 1. The Morgan fingerprint density at radius 2 is 1.53 bits per heavy atom. The molecule has 0 unspecified atom stereocenters. The van der Waals surface area contributed by atoms with Crippen molar-refractivity contribution in [2.24, 2.45) is 5.92 Å². The van der Waals surface area contributed by atoms with Gasteiger partial charge in [-0.2, -0.15) is 4.37 Å². The molecule has 2 aliphatic rings. The third-order valence-corrected chi connectivity index (χ3v) is 11.5. The molecule has 1 aromatic heterocycles. The lowest BCUT2D eigenvalue weighted by Crippen LogP contribution is -2.58. The van der Waals surface area contributed by atoms with Gasteiger partial charge in [-0.05, 0) is 84.5 Å². The number of carbonyl (C=O) groups excluding carboxylic acids is 5. The Hall–Kier alpha value is -5.81. The number of thiocarbonyl (C=S) groups is 1. The van der Waals surface area contributed by atoms with E-state index in [9.17, 15) is 24.0 Å². The molecule has 2 fully saturated rings. The van der Waals surface area contributed by atoms with E-state index in [0.717, 1.165) is 21.5 Å². The van der Waals surface area contributed by atoms with Crippen LogP contribution >= 0.6 is 23.8 Å². The number of ether oxygens (including phenoxy) is 1. The van der Waals surface area contributed by atoms with Crippen molar-refractivity contribution in [3.05, 3.63) is 84.4 Å². The van der Waals surface area contributed by atoms with Crippen molar-refractivity contribution in [1.82, 2.24) is 35.4 Å². The van der Waals surface area contributed by atoms with Gasteiger partial charge < -0.3 is 46.0 Å². The molecule has 3 aromatic carbocycles. The molecule has 3 atom stereocenters. The van der Waals surface area contributed by atoms with Crippen LogP contribution in [0.5, 0.6) is 5.75 Å². The van der Waals surface area contributed by atoms with Crippen LogP contribution in [-0.2, 0) is 30.4 Å². The Labute approximate surface area is 353 Å². The Morgan fingerprint density at radius 3 is 2.24 bits per heavy atom. The zero-order chi connectivity index (χ0) is 41.9. The summed E-state index contributed by atoms with van der Waals surface area (Å²) in [6.45, 7) is 5.75. The van der Waals surface area contributed by atoms with Crippen LogP contribution in [0, 0.1) is 5.92 Å². The molecule has 0 spiro atoms. The summed E-state index contributed by atoms with van der Waals surface area (Å²) in [5.41, 5.74) is 1.50. The molecular formula is C42H51N9O6S2. The van der Waals surface area contributed by atoms with Crippen LogP contribution in [0.1, 0.15) is 32.3 Å². The fourth-order valence-electron chi connectivity index (χ4n) is 7.26. The smallest absolute Gasteiger partial charge is 0.246 e. The molecule has 2 saturated heterocycles. The van der Waals surface area contributed by atoms with Crippen LogP contribution in [0.25, 0.3) is 10.1 Å². The minimum Gasteiger partial charge on any atom is -0.497 e. The van der Waals surface area contributed by atoms with Crippen LogP contribution in [0.3, 0.4) is 0 Å². The first-order valence-electron chi connectivity index (χ1n) is 19.8. The van der Waals surface area contributed by atoms with Gasteiger partial charge in [-0.25, -0.2) is 0 Å². The van der Waals surface area contributed by atoms with Crippen molar-refractivity contribution in [1.29, 1.82) is 0 Å². The number of amides is 5. The van der Waals surface area contributed by atoms with Crippen molar-refractivity contribution in [2.45, 2.75) is 51.2 Å². The molecule has 0 radical (unpaired) electrons. The van der Waals surface area contributed by atoms with Crippen LogP contribution < -0.4 is 36.2 Å². The van der Waals surface area contributed by atoms with Crippen molar-refractivity contribution < 1.29 is 28.7 Å². The van der Waals surface area contributed by atoms with Gasteiger partial charge >= 0.3 is 0 Å². The highest BCUT2D eigenvalue weighted by Crippen LogP contribution is 2.30. The average molecular weight is 842 g/mol. The van der Waals surface area contributed by atoms with Crippen LogP contribution in [0.15, 0.2) is 78.9 Å². The Balaban J connectivity index is 1.00. The maximum Gasteiger partial charge on any atom is 0.246 e. The van der Waals surface area contributed by atoms with Crippen LogP contribution in [0.2, 0.25) is 0 Å². The minimum atomic E-state index is -1.01. The standard InChI is InChI=1S/C42H51N9O6S2/c1-27(2)37(41(56)51-19-9-13-33(51)40(55)50-22-20-49(21-23-50)38-31-12-7-8-14-34(31)59-48-38)47-36(53)25-43-39(54)32(24-28-10-5-4-6-11-28)46-35(52)26-44-42(58)45-29-15-17-30(57-3)18-16-29/h4-8,10-12,14-18,27,32-33,37H,9,13,19-26H2,1-3H3,(H,43,54)(H,46,52)(H,47,53)(H2,44,45,58)/t32-,33-,37-/m0/s1. The normalized spacial score (nSPS) is 16.3. The number of hydrogen-bond acceptors (Lipinski definition) is 10. The second kappa shape index (κ2) is 20.2. The number of anilines is 2. The van der Waals surface area contributed by atoms with E-state index in [-0.39, 0.29) is 35.8 Å². The van der Waals surface area contributed by atoms with Crippen LogP contribution in [-0.4, -0.2) is 120 Å². The fraction of sp³-hybridized carbons (Fsp3) is 0.405. The first kappa shape index (κ1) is 42.8. The number of likely N-dealkylation sites (tertiary alicyclic amines) is 1. The highest BCUT2D eigenvalue weighted by Gasteiger charge is 2.41. The second-order valence-electron chi connectivity index (χ2n) is 14.9. The number of aromatic nitrogens is 1. The SMILES string of the molecule is COc1ccc(NC(=S)NCC(=O)N[C@@H](Cc2ccccc2)C(=O)NCC(=O)N[C@H](C(=O)N2CCC[C@H]2C(=O)N2CCN(c3nsc4ccccc34)CC2)C(C)C)cc1. The monoisotopic (exact) mass is 841 g/mol. The number of nitrogens with zero attached hydrogens (tertiary/aromatic N) is 4. The minimum absolute atomic E-state index is 0.0863. The lowest BCUT2D eigenvalue weighted by atomic mass is 10.0. The maximum atomic E-state index is 14.0. The molecule has 6 rings (SSSR count). The average Bonchev–Trinajstić information content (AvgIpc) is 3.92. The van der Waals surface area contributed by atoms with E-state index in [1.165, 1.54) is 11.5 Å². The molecule has 5 N–H and O–H groups in total. The van der Waals surface area contributed by atoms with Gasteiger partial charge in [-0.3, -0.25) is 24.0 Å². The topological polar surface area (TPSA) is 177 Å². The zero-order valence-electron chi connectivity index (χ0n) is 33.4. The molecule has 15 nitrogen and oxygen atoms in total. The predicted octanol–water partition coefficient (Wildman–Crippen LogP) is 2.92. The lowest BCUT2D eigenvalue weighted by Gasteiger charge is -2.38. The molecule has 312 valence electrons. The van der Waals surface area contributed by atoms with E-state index in [2.05, 4.69) is 48.0 Å². The summed E-state index contributed by atoms with van der Waals surface area (Å²) in [5.74, 6) is -0.713. The Kier molecular flexibility index (Phi) is 14.7. The fourth-order valence-corrected chi connectivity index (χ4v) is 8.24. The molecule has 17 heteroatoms.